The van der Waals surface area contributed by atoms with E-state index in [1.807, 2.05) is 6.92 Å². The Morgan fingerprint density at radius 3 is 1.41 bits per heavy atom. The lowest BCUT2D eigenvalue weighted by Crippen LogP contribution is -2.43. The van der Waals surface area contributed by atoms with Gasteiger partial charge in [0.05, 0.1) is 39.6 Å². The lowest BCUT2D eigenvalue weighted by molar-refractivity contribution is -0.143. The highest BCUT2D eigenvalue weighted by Gasteiger charge is 2.22. The number of carbonyl (C=O) groups is 8. The largest absolute Gasteiger partial charge is 0.481 e. The molecule has 8 N–H and O–H groups in total. The second-order valence-electron chi connectivity index (χ2n) is 12.0. The van der Waals surface area contributed by atoms with Gasteiger partial charge >= 0.3 is 17.9 Å². The number of carboxylic acid groups (broad SMARTS) is 3. The zero-order valence-corrected chi connectivity index (χ0v) is 31.2. The van der Waals surface area contributed by atoms with E-state index in [0.29, 0.717) is 32.2 Å². The van der Waals surface area contributed by atoms with E-state index >= 15 is 0 Å². The smallest absolute Gasteiger partial charge is 0.326 e. The van der Waals surface area contributed by atoms with Crippen molar-refractivity contribution in [1.29, 1.82) is 0 Å². The summed E-state index contributed by atoms with van der Waals surface area (Å²) in [6.07, 6.45) is 3.94. The first kappa shape index (κ1) is 49.6. The SMILES string of the molecule is CCCCNC(=O)CCC(NC(=O)COCCOCCNC(=O)COCCOCCNC(=O)CC[C@H](NC(=O)CCCCCCC(=O)O)C(=O)O)C(=O)O. The fraction of sp³-hybridized carbons (Fsp3) is 0.765. The Hall–Kier alpha value is -4.40. The van der Waals surface area contributed by atoms with Crippen LogP contribution in [0.5, 0.6) is 0 Å². The minimum absolute atomic E-state index is 0.0340. The summed E-state index contributed by atoms with van der Waals surface area (Å²) < 4.78 is 21.0. The van der Waals surface area contributed by atoms with E-state index in [9.17, 15) is 48.6 Å². The number of hydrogen-bond acceptors (Lipinski definition) is 12. The van der Waals surface area contributed by atoms with Crippen molar-refractivity contribution >= 4 is 47.4 Å². The summed E-state index contributed by atoms with van der Waals surface area (Å²) in [5.41, 5.74) is 0. The fourth-order valence-corrected chi connectivity index (χ4v) is 4.41. The lowest BCUT2D eigenvalue weighted by Gasteiger charge is -2.14. The number of aliphatic carboxylic acids is 3. The summed E-state index contributed by atoms with van der Waals surface area (Å²) in [5.74, 6) is -5.53. The van der Waals surface area contributed by atoms with Gasteiger partial charge in [0.15, 0.2) is 0 Å². The molecule has 0 aromatic heterocycles. The van der Waals surface area contributed by atoms with E-state index in [-0.39, 0.29) is 116 Å². The topological polar surface area (TPSA) is 294 Å². The van der Waals surface area contributed by atoms with Gasteiger partial charge in [0.25, 0.3) is 0 Å². The van der Waals surface area contributed by atoms with Crippen molar-refractivity contribution < 1.29 is 72.6 Å². The molecule has 0 bridgehead atoms. The maximum absolute atomic E-state index is 12.1. The molecule has 310 valence electrons. The Balaban J connectivity index is 3.80. The molecule has 2 atom stereocenters. The van der Waals surface area contributed by atoms with Crippen LogP contribution in [-0.2, 0) is 57.3 Å². The summed E-state index contributed by atoms with van der Waals surface area (Å²) in [6, 6.07) is -2.43. The van der Waals surface area contributed by atoms with Gasteiger partial charge in [-0.15, -0.1) is 0 Å². The molecule has 0 heterocycles. The Kier molecular flexibility index (Phi) is 30.5. The van der Waals surface area contributed by atoms with Crippen LogP contribution in [-0.4, -0.2) is 147 Å². The average molecular weight is 778 g/mol. The standard InChI is InChI=1S/C34H59N5O15/c1-2-3-14-35-27(40)12-11-26(34(49)50)39-31(44)24-54-22-20-52-18-16-37-30(43)23-53-21-19-51-17-15-36-28(41)13-10-25(33(47)48)38-29(42)8-6-4-5-7-9-32(45)46/h25-26H,2-24H2,1H3,(H,35,40)(H,36,41)(H,37,43)(H,38,42)(H,39,44)(H,45,46)(H,47,48)(H,49,50)/t25-,26?/m0/s1. The first-order valence-corrected chi connectivity index (χ1v) is 18.2. The van der Waals surface area contributed by atoms with E-state index in [0.717, 1.165) is 12.8 Å². The van der Waals surface area contributed by atoms with Gasteiger partial charge in [0, 0.05) is 45.3 Å². The van der Waals surface area contributed by atoms with E-state index in [1.165, 1.54) is 0 Å². The number of carboxylic acids is 3. The third kappa shape index (κ3) is 31.2. The summed E-state index contributed by atoms with van der Waals surface area (Å²) in [5, 5.41) is 39.9. The molecule has 0 aromatic carbocycles. The second kappa shape index (κ2) is 33.2. The minimum atomic E-state index is -1.25. The van der Waals surface area contributed by atoms with E-state index < -0.39 is 47.7 Å². The molecule has 5 amide bonds. The number of nitrogens with one attached hydrogen (secondary N) is 5. The van der Waals surface area contributed by atoms with Gasteiger partial charge < -0.3 is 60.9 Å². The molecular formula is C34H59N5O15. The molecule has 0 aliphatic rings. The molecule has 0 saturated carbocycles. The van der Waals surface area contributed by atoms with Gasteiger partial charge in [-0.25, -0.2) is 9.59 Å². The van der Waals surface area contributed by atoms with Gasteiger partial charge in [-0.05, 0) is 32.1 Å². The van der Waals surface area contributed by atoms with Crippen LogP contribution in [0, 0.1) is 0 Å². The normalized spacial score (nSPS) is 11.9. The van der Waals surface area contributed by atoms with Gasteiger partial charge in [0.2, 0.25) is 29.5 Å². The van der Waals surface area contributed by atoms with Gasteiger partial charge in [0.1, 0.15) is 25.3 Å². The van der Waals surface area contributed by atoms with Crippen molar-refractivity contribution in [2.24, 2.45) is 0 Å². The van der Waals surface area contributed by atoms with Crippen molar-refractivity contribution in [3.8, 4) is 0 Å². The van der Waals surface area contributed by atoms with E-state index in [1.54, 1.807) is 0 Å². The molecule has 0 fully saturated rings. The highest BCUT2D eigenvalue weighted by Crippen LogP contribution is 2.07. The third-order valence-electron chi connectivity index (χ3n) is 7.33. The second-order valence-corrected chi connectivity index (χ2v) is 12.0. The summed E-state index contributed by atoms with van der Waals surface area (Å²) in [4.78, 5) is 93.1. The number of amides is 5. The van der Waals surface area contributed by atoms with Crippen LogP contribution in [0.15, 0.2) is 0 Å². The predicted octanol–water partition coefficient (Wildman–Crippen LogP) is -0.674. The van der Waals surface area contributed by atoms with Crippen LogP contribution >= 0.6 is 0 Å². The molecule has 20 nitrogen and oxygen atoms in total. The quantitative estimate of drug-likeness (QED) is 0.0366. The molecule has 0 saturated heterocycles. The molecule has 0 aliphatic heterocycles. The van der Waals surface area contributed by atoms with Crippen molar-refractivity contribution in [2.75, 3.05) is 72.5 Å². The predicted molar refractivity (Wildman–Crippen MR) is 190 cm³/mol. The molecule has 0 spiro atoms. The number of hydrogen-bond donors (Lipinski definition) is 8. The lowest BCUT2D eigenvalue weighted by atomic mass is 10.1. The zero-order chi connectivity index (χ0) is 40.4. The Morgan fingerprint density at radius 1 is 0.463 bits per heavy atom. The highest BCUT2D eigenvalue weighted by molar-refractivity contribution is 5.85. The Morgan fingerprint density at radius 2 is 0.907 bits per heavy atom. The third-order valence-corrected chi connectivity index (χ3v) is 7.33. The van der Waals surface area contributed by atoms with E-state index in [2.05, 4.69) is 26.6 Å². The number of rotatable bonds is 36. The van der Waals surface area contributed by atoms with Gasteiger partial charge in [-0.2, -0.15) is 0 Å². The summed E-state index contributed by atoms with van der Waals surface area (Å²) in [6.45, 7) is 3.03. The minimum Gasteiger partial charge on any atom is -0.481 e. The van der Waals surface area contributed by atoms with Crippen LogP contribution < -0.4 is 26.6 Å². The zero-order valence-electron chi connectivity index (χ0n) is 31.2. The Labute approximate surface area is 315 Å². The number of ether oxygens (including phenoxy) is 4. The van der Waals surface area contributed by atoms with Crippen LogP contribution in [0.1, 0.15) is 84.0 Å². The summed E-state index contributed by atoms with van der Waals surface area (Å²) in [7, 11) is 0. The van der Waals surface area contributed by atoms with Crippen LogP contribution in [0.3, 0.4) is 0 Å². The Bertz CT molecular complexity index is 1140. The van der Waals surface area contributed by atoms with Crippen molar-refractivity contribution in [3.05, 3.63) is 0 Å². The first-order valence-electron chi connectivity index (χ1n) is 18.2. The molecule has 0 rings (SSSR count). The van der Waals surface area contributed by atoms with Gasteiger partial charge in [-0.3, -0.25) is 28.8 Å². The van der Waals surface area contributed by atoms with Crippen LogP contribution in [0.25, 0.3) is 0 Å². The molecule has 0 radical (unpaired) electrons. The maximum atomic E-state index is 12.1. The van der Waals surface area contributed by atoms with Crippen molar-refractivity contribution in [1.82, 2.24) is 26.6 Å². The molecule has 0 aromatic rings. The molecule has 1 unspecified atom stereocenters. The van der Waals surface area contributed by atoms with Crippen molar-refractivity contribution in [2.45, 2.75) is 96.1 Å². The number of unbranched alkanes of at least 4 members (excludes halogenated alkanes) is 4. The maximum Gasteiger partial charge on any atom is 0.326 e. The molecule has 20 heteroatoms. The monoisotopic (exact) mass is 777 g/mol. The number of carbonyl (C=O) groups excluding carboxylic acids is 5. The van der Waals surface area contributed by atoms with E-state index in [4.69, 9.17) is 24.1 Å². The molecular weight excluding hydrogens is 718 g/mol. The van der Waals surface area contributed by atoms with Crippen molar-refractivity contribution in [3.63, 3.8) is 0 Å². The first-order chi connectivity index (χ1) is 25.8. The van der Waals surface area contributed by atoms with Crippen LogP contribution in [0.4, 0.5) is 0 Å². The van der Waals surface area contributed by atoms with Gasteiger partial charge in [-0.1, -0.05) is 26.2 Å². The fourth-order valence-electron chi connectivity index (χ4n) is 4.41. The average Bonchev–Trinajstić information content (AvgIpc) is 3.11. The molecule has 54 heavy (non-hydrogen) atoms. The van der Waals surface area contributed by atoms with Crippen LogP contribution in [0.2, 0.25) is 0 Å². The highest BCUT2D eigenvalue weighted by atomic mass is 16.5. The molecule has 0 aliphatic carbocycles. The summed E-state index contributed by atoms with van der Waals surface area (Å²) >= 11 is 0.